The van der Waals surface area contributed by atoms with Gasteiger partial charge in [0, 0.05) is 11.3 Å². The number of ether oxygens (including phenoxy) is 1. The Balaban J connectivity index is 1.83. The minimum Gasteiger partial charge on any atom is -0.497 e. The lowest BCUT2D eigenvalue weighted by Gasteiger charge is -2.07. The highest BCUT2D eigenvalue weighted by atomic mass is 32.2. The summed E-state index contributed by atoms with van der Waals surface area (Å²) in [6, 6.07) is 18.9. The average Bonchev–Trinajstić information content (AvgIpc) is 3.19. The molecule has 0 amide bonds. The molecule has 0 aliphatic carbocycles. The van der Waals surface area contributed by atoms with Gasteiger partial charge in [0.25, 0.3) is 0 Å². The van der Waals surface area contributed by atoms with E-state index in [9.17, 15) is 12.8 Å². The van der Waals surface area contributed by atoms with Gasteiger partial charge in [-0.05, 0) is 67.1 Å². The number of benzene rings is 3. The maximum atomic E-state index is 13.3. The van der Waals surface area contributed by atoms with E-state index in [0.29, 0.717) is 17.0 Å². The molecule has 8 heteroatoms. The molecule has 1 aromatic heterocycles. The number of hydrogen-bond acceptors (Lipinski definition) is 6. The molecule has 1 N–H and O–H groups in total. The lowest BCUT2D eigenvalue weighted by molar-refractivity contribution is 0.415. The second kappa shape index (κ2) is 8.23. The molecule has 4 aromatic rings. The summed E-state index contributed by atoms with van der Waals surface area (Å²) in [5.74, 6) is 0.252. The summed E-state index contributed by atoms with van der Waals surface area (Å²) in [5, 5.41) is 2.70. The van der Waals surface area contributed by atoms with Crippen molar-refractivity contribution >= 4 is 21.4 Å². The Morgan fingerprint density at radius 2 is 1.65 bits per heavy atom. The average molecular weight is 438 g/mol. The first kappa shape index (κ1) is 20.6. The van der Waals surface area contributed by atoms with E-state index >= 15 is 0 Å². The van der Waals surface area contributed by atoms with E-state index in [4.69, 9.17) is 9.15 Å². The quantitative estimate of drug-likeness (QED) is 0.408. The van der Waals surface area contributed by atoms with Crippen molar-refractivity contribution in [3.8, 4) is 17.2 Å². The number of hydrogen-bond donors (Lipinski definition) is 1. The number of nitrogens with zero attached hydrogens (tertiary/aromatic N) is 1. The van der Waals surface area contributed by atoms with E-state index in [0.717, 1.165) is 17.7 Å². The first-order valence-electron chi connectivity index (χ1n) is 9.37. The lowest BCUT2D eigenvalue weighted by atomic mass is 10.1. The summed E-state index contributed by atoms with van der Waals surface area (Å²) in [6.45, 7) is 1.88. The summed E-state index contributed by atoms with van der Waals surface area (Å²) in [6.07, 6.45) is 0. The van der Waals surface area contributed by atoms with E-state index < -0.39 is 15.7 Å². The van der Waals surface area contributed by atoms with Crippen LogP contribution in [0, 0.1) is 12.7 Å². The van der Waals surface area contributed by atoms with Gasteiger partial charge >= 0.3 is 0 Å². The first-order chi connectivity index (χ1) is 14.9. The molecule has 0 aliphatic heterocycles. The maximum absolute atomic E-state index is 13.3. The topological polar surface area (TPSA) is 81.4 Å². The zero-order valence-electron chi connectivity index (χ0n) is 16.8. The normalized spacial score (nSPS) is 11.3. The SMILES string of the molecule is COc1ccc(Nc2oc(-c3ccccc3C)nc2S(=O)(=O)c2ccc(F)cc2)cc1. The van der Waals surface area contributed by atoms with Gasteiger partial charge in [0.1, 0.15) is 11.6 Å². The number of rotatable bonds is 6. The molecule has 6 nitrogen and oxygen atoms in total. The van der Waals surface area contributed by atoms with E-state index in [2.05, 4.69) is 10.3 Å². The number of nitrogens with one attached hydrogen (secondary N) is 1. The van der Waals surface area contributed by atoms with Gasteiger partial charge < -0.3 is 14.5 Å². The summed E-state index contributed by atoms with van der Waals surface area (Å²) in [4.78, 5) is 4.22. The number of methoxy groups -OCH3 is 1. The van der Waals surface area contributed by atoms with Crippen LogP contribution in [0.1, 0.15) is 5.56 Å². The standard InChI is InChI=1S/C23H19FN2O4S/c1-15-5-3-4-6-20(15)21-26-23(31(27,28)19-13-7-16(24)8-14-19)22(30-21)25-17-9-11-18(29-2)12-10-17/h3-14,25H,1-2H3. The van der Waals surface area contributed by atoms with Gasteiger partial charge in [-0.15, -0.1) is 0 Å². The molecule has 158 valence electrons. The van der Waals surface area contributed by atoms with Crippen LogP contribution in [0.3, 0.4) is 0 Å². The van der Waals surface area contributed by atoms with Crippen molar-refractivity contribution in [1.82, 2.24) is 4.98 Å². The van der Waals surface area contributed by atoms with E-state index in [1.807, 2.05) is 25.1 Å². The number of sulfone groups is 1. The highest BCUT2D eigenvalue weighted by Gasteiger charge is 2.29. The van der Waals surface area contributed by atoms with E-state index in [-0.39, 0.29) is 21.7 Å². The molecule has 0 radical (unpaired) electrons. The minimum atomic E-state index is -4.08. The van der Waals surface area contributed by atoms with Crippen LogP contribution in [0.4, 0.5) is 16.0 Å². The summed E-state index contributed by atoms with van der Waals surface area (Å²) in [5.41, 5.74) is 2.13. The van der Waals surface area contributed by atoms with Gasteiger partial charge in [-0.2, -0.15) is 4.98 Å². The van der Waals surface area contributed by atoms with Crippen molar-refractivity contribution in [1.29, 1.82) is 0 Å². The van der Waals surface area contributed by atoms with E-state index in [1.165, 1.54) is 12.1 Å². The van der Waals surface area contributed by atoms with Crippen molar-refractivity contribution in [2.45, 2.75) is 16.8 Å². The molecule has 0 bridgehead atoms. The third kappa shape index (κ3) is 4.15. The van der Waals surface area contributed by atoms with Crippen LogP contribution in [0.15, 0.2) is 87.1 Å². The summed E-state index contributed by atoms with van der Waals surface area (Å²) >= 11 is 0. The Kier molecular flexibility index (Phi) is 5.48. The minimum absolute atomic E-state index is 0.0345. The fourth-order valence-electron chi connectivity index (χ4n) is 3.03. The second-order valence-corrected chi connectivity index (χ2v) is 8.64. The molecule has 0 saturated heterocycles. The van der Waals surface area contributed by atoms with Gasteiger partial charge in [-0.3, -0.25) is 0 Å². The number of halogens is 1. The number of anilines is 2. The monoisotopic (exact) mass is 438 g/mol. The zero-order valence-corrected chi connectivity index (χ0v) is 17.6. The Morgan fingerprint density at radius 1 is 0.968 bits per heavy atom. The van der Waals surface area contributed by atoms with Crippen molar-refractivity contribution in [2.24, 2.45) is 0 Å². The Hall–Kier alpha value is -3.65. The smallest absolute Gasteiger partial charge is 0.238 e. The Morgan fingerprint density at radius 3 is 2.29 bits per heavy atom. The van der Waals surface area contributed by atoms with Crippen molar-refractivity contribution in [3.05, 3.63) is 84.2 Å². The third-order valence-electron chi connectivity index (χ3n) is 4.70. The van der Waals surface area contributed by atoms with Crippen LogP contribution in [0.5, 0.6) is 5.75 Å². The molecule has 0 fully saturated rings. The molecule has 0 atom stereocenters. The predicted octanol–water partition coefficient (Wildman–Crippen LogP) is 5.37. The van der Waals surface area contributed by atoms with Crippen LogP contribution in [0.25, 0.3) is 11.5 Å². The molecular formula is C23H19FN2O4S. The highest BCUT2D eigenvalue weighted by molar-refractivity contribution is 7.91. The fourth-order valence-corrected chi connectivity index (χ4v) is 4.28. The predicted molar refractivity (Wildman–Crippen MR) is 115 cm³/mol. The zero-order chi connectivity index (χ0) is 22.0. The van der Waals surface area contributed by atoms with Crippen LogP contribution in [-0.2, 0) is 9.84 Å². The molecule has 0 aliphatic rings. The largest absolute Gasteiger partial charge is 0.497 e. The first-order valence-corrected chi connectivity index (χ1v) is 10.9. The lowest BCUT2D eigenvalue weighted by Crippen LogP contribution is -2.05. The molecular weight excluding hydrogens is 419 g/mol. The third-order valence-corrected chi connectivity index (χ3v) is 6.38. The summed E-state index contributed by atoms with van der Waals surface area (Å²) < 4.78 is 50.9. The van der Waals surface area contributed by atoms with Crippen LogP contribution >= 0.6 is 0 Å². The Bertz CT molecular complexity index is 1310. The van der Waals surface area contributed by atoms with E-state index in [1.54, 1.807) is 37.4 Å². The molecule has 31 heavy (non-hydrogen) atoms. The van der Waals surface area contributed by atoms with Crippen LogP contribution < -0.4 is 10.1 Å². The summed E-state index contributed by atoms with van der Waals surface area (Å²) in [7, 11) is -2.52. The van der Waals surface area contributed by atoms with Crippen LogP contribution in [-0.4, -0.2) is 20.5 Å². The van der Waals surface area contributed by atoms with Crippen molar-refractivity contribution in [3.63, 3.8) is 0 Å². The number of aryl methyl sites for hydroxylation is 1. The van der Waals surface area contributed by atoms with Gasteiger partial charge in [-0.25, -0.2) is 12.8 Å². The molecule has 1 heterocycles. The molecule has 0 spiro atoms. The van der Waals surface area contributed by atoms with Crippen LogP contribution in [0.2, 0.25) is 0 Å². The van der Waals surface area contributed by atoms with Gasteiger partial charge in [-0.1, -0.05) is 18.2 Å². The highest BCUT2D eigenvalue weighted by Crippen LogP contribution is 2.35. The molecule has 0 saturated carbocycles. The molecule has 0 unspecified atom stereocenters. The maximum Gasteiger partial charge on any atom is 0.238 e. The Labute approximate surface area is 179 Å². The number of oxazole rings is 1. The number of aromatic nitrogens is 1. The van der Waals surface area contributed by atoms with Gasteiger partial charge in [0.2, 0.25) is 26.6 Å². The van der Waals surface area contributed by atoms with Crippen molar-refractivity contribution in [2.75, 3.05) is 12.4 Å². The van der Waals surface area contributed by atoms with Gasteiger partial charge in [0.05, 0.1) is 12.0 Å². The van der Waals surface area contributed by atoms with Gasteiger partial charge in [0.15, 0.2) is 0 Å². The molecule has 3 aromatic carbocycles. The fraction of sp³-hybridized carbons (Fsp3) is 0.0870. The molecule has 4 rings (SSSR count). The second-order valence-electron chi connectivity index (χ2n) is 6.78. The van der Waals surface area contributed by atoms with Crippen molar-refractivity contribution < 1.29 is 22.0 Å².